The van der Waals surface area contributed by atoms with E-state index in [1.54, 1.807) is 24.3 Å². The van der Waals surface area contributed by atoms with Gasteiger partial charge in [0, 0.05) is 5.92 Å². The van der Waals surface area contributed by atoms with Gasteiger partial charge in [-0.2, -0.15) is 0 Å². The van der Waals surface area contributed by atoms with E-state index in [1.165, 1.54) is 6.92 Å². The number of Topliss-reactive ketones (excluding diaryl/α,β-unsaturated/α-hetero) is 1. The molecule has 1 amide bonds. The highest BCUT2D eigenvalue weighted by Crippen LogP contribution is 2.13. The average molecular weight is 325 g/mol. The number of hydrogen-bond acceptors (Lipinski definition) is 3. The van der Waals surface area contributed by atoms with Gasteiger partial charge < -0.3 is 10.4 Å². The van der Waals surface area contributed by atoms with Crippen molar-refractivity contribution >= 4 is 11.7 Å². The molecule has 4 heteroatoms. The highest BCUT2D eigenvalue weighted by Gasteiger charge is 2.21. The van der Waals surface area contributed by atoms with Crippen LogP contribution in [0.4, 0.5) is 0 Å². The fourth-order valence-electron chi connectivity index (χ4n) is 2.54. The molecule has 0 aliphatic carbocycles. The molecule has 0 fully saturated rings. The minimum atomic E-state index is -0.555. The zero-order chi connectivity index (χ0) is 17.5. The van der Waals surface area contributed by atoms with Gasteiger partial charge >= 0.3 is 0 Å². The van der Waals surface area contributed by atoms with Gasteiger partial charge in [0.05, 0.1) is 6.04 Å². The highest BCUT2D eigenvalue weighted by atomic mass is 16.3. The Bertz CT molecular complexity index is 680. The molecule has 0 aliphatic heterocycles. The number of phenols is 1. The molecule has 2 aromatic rings. The van der Waals surface area contributed by atoms with Crippen LogP contribution in [-0.4, -0.2) is 22.8 Å². The molecule has 0 unspecified atom stereocenters. The summed E-state index contributed by atoms with van der Waals surface area (Å²) in [5, 5.41) is 12.2. The first kappa shape index (κ1) is 17.7. The Hall–Kier alpha value is -2.62. The molecular weight excluding hydrogens is 302 g/mol. The standard InChI is InChI=1S/C20H23NO3/c1-14(12-16-6-4-3-5-7-16)20(24)21-19(15(2)22)13-17-8-10-18(23)11-9-17/h3-11,14,19,23H,12-13H2,1-2H3,(H,21,24)/t14-,19-/m0/s1. The molecule has 0 spiro atoms. The van der Waals surface area contributed by atoms with Gasteiger partial charge in [-0.3, -0.25) is 9.59 Å². The summed E-state index contributed by atoms with van der Waals surface area (Å²) in [6.45, 7) is 3.34. The Morgan fingerprint density at radius 2 is 1.54 bits per heavy atom. The molecule has 0 saturated heterocycles. The van der Waals surface area contributed by atoms with E-state index in [9.17, 15) is 14.7 Å². The van der Waals surface area contributed by atoms with Crippen LogP contribution in [0.5, 0.6) is 5.75 Å². The summed E-state index contributed by atoms with van der Waals surface area (Å²) in [6.07, 6.45) is 1.05. The van der Waals surface area contributed by atoms with Crippen LogP contribution in [-0.2, 0) is 22.4 Å². The molecule has 2 atom stereocenters. The van der Waals surface area contributed by atoms with Crippen LogP contribution < -0.4 is 5.32 Å². The van der Waals surface area contributed by atoms with Crippen molar-refractivity contribution in [2.75, 3.05) is 0 Å². The number of rotatable bonds is 7. The first-order valence-electron chi connectivity index (χ1n) is 8.08. The van der Waals surface area contributed by atoms with Crippen LogP contribution in [0.25, 0.3) is 0 Å². The van der Waals surface area contributed by atoms with E-state index in [-0.39, 0.29) is 23.4 Å². The number of phenolic OH excluding ortho intramolecular Hbond substituents is 1. The van der Waals surface area contributed by atoms with Crippen molar-refractivity contribution in [1.82, 2.24) is 5.32 Å². The van der Waals surface area contributed by atoms with Crippen LogP contribution in [0.15, 0.2) is 54.6 Å². The quantitative estimate of drug-likeness (QED) is 0.822. The molecule has 0 radical (unpaired) electrons. The second-order valence-corrected chi connectivity index (χ2v) is 6.13. The first-order chi connectivity index (χ1) is 11.5. The van der Waals surface area contributed by atoms with Crippen molar-refractivity contribution < 1.29 is 14.7 Å². The third kappa shape index (κ3) is 5.23. The minimum absolute atomic E-state index is 0.0802. The number of aromatic hydroxyl groups is 1. The maximum absolute atomic E-state index is 12.4. The second-order valence-electron chi connectivity index (χ2n) is 6.13. The van der Waals surface area contributed by atoms with Crippen LogP contribution in [0.2, 0.25) is 0 Å². The molecule has 2 aromatic carbocycles. The van der Waals surface area contributed by atoms with Gasteiger partial charge in [0.2, 0.25) is 5.91 Å². The SMILES string of the molecule is CC(=O)[C@H](Cc1ccc(O)cc1)NC(=O)[C@@H](C)Cc1ccccc1. The normalized spacial score (nSPS) is 13.1. The summed E-state index contributed by atoms with van der Waals surface area (Å²) in [5.74, 6) is -0.242. The zero-order valence-electron chi connectivity index (χ0n) is 14.0. The molecule has 0 aliphatic rings. The van der Waals surface area contributed by atoms with Crippen molar-refractivity contribution in [2.24, 2.45) is 5.92 Å². The van der Waals surface area contributed by atoms with E-state index in [0.717, 1.165) is 11.1 Å². The fourth-order valence-corrected chi connectivity index (χ4v) is 2.54. The maximum Gasteiger partial charge on any atom is 0.223 e. The summed E-state index contributed by atoms with van der Waals surface area (Å²) in [4.78, 5) is 24.3. The van der Waals surface area contributed by atoms with Gasteiger partial charge in [0.1, 0.15) is 5.75 Å². The Morgan fingerprint density at radius 1 is 0.958 bits per heavy atom. The van der Waals surface area contributed by atoms with Crippen LogP contribution in [0.3, 0.4) is 0 Å². The largest absolute Gasteiger partial charge is 0.508 e. The predicted molar refractivity (Wildman–Crippen MR) is 93.7 cm³/mol. The lowest BCUT2D eigenvalue weighted by atomic mass is 9.98. The minimum Gasteiger partial charge on any atom is -0.508 e. The van der Waals surface area contributed by atoms with Gasteiger partial charge in [0.15, 0.2) is 5.78 Å². The van der Waals surface area contributed by atoms with E-state index in [2.05, 4.69) is 5.32 Å². The van der Waals surface area contributed by atoms with E-state index >= 15 is 0 Å². The molecule has 2 rings (SSSR count). The first-order valence-corrected chi connectivity index (χ1v) is 8.08. The number of amides is 1. The summed E-state index contributed by atoms with van der Waals surface area (Å²) < 4.78 is 0. The zero-order valence-corrected chi connectivity index (χ0v) is 14.0. The number of carbonyl (C=O) groups is 2. The molecule has 0 heterocycles. The van der Waals surface area contributed by atoms with E-state index in [1.807, 2.05) is 37.3 Å². The van der Waals surface area contributed by atoms with E-state index in [4.69, 9.17) is 0 Å². The molecule has 0 saturated carbocycles. The number of ketones is 1. The van der Waals surface area contributed by atoms with Gasteiger partial charge in [-0.15, -0.1) is 0 Å². The Morgan fingerprint density at radius 3 is 2.12 bits per heavy atom. The predicted octanol–water partition coefficient (Wildman–Crippen LogP) is 2.89. The average Bonchev–Trinajstić information content (AvgIpc) is 2.56. The second kappa shape index (κ2) is 8.29. The number of carbonyl (C=O) groups excluding carboxylic acids is 2. The van der Waals surface area contributed by atoms with Crippen molar-refractivity contribution in [1.29, 1.82) is 0 Å². The molecule has 126 valence electrons. The summed E-state index contributed by atoms with van der Waals surface area (Å²) in [5.41, 5.74) is 1.99. The number of nitrogens with one attached hydrogen (secondary N) is 1. The third-order valence-corrected chi connectivity index (χ3v) is 4.02. The van der Waals surface area contributed by atoms with Crippen LogP contribution >= 0.6 is 0 Å². The van der Waals surface area contributed by atoms with Gasteiger partial charge in [-0.1, -0.05) is 49.4 Å². The lowest BCUT2D eigenvalue weighted by molar-refractivity contribution is -0.129. The number of hydrogen-bond donors (Lipinski definition) is 2. The molecule has 0 bridgehead atoms. The molecule has 0 aromatic heterocycles. The third-order valence-electron chi connectivity index (χ3n) is 4.02. The van der Waals surface area contributed by atoms with Gasteiger partial charge in [-0.05, 0) is 43.0 Å². The molecule has 4 nitrogen and oxygen atoms in total. The highest BCUT2D eigenvalue weighted by molar-refractivity contribution is 5.88. The van der Waals surface area contributed by atoms with Gasteiger partial charge in [0.25, 0.3) is 0 Å². The summed E-state index contributed by atoms with van der Waals surface area (Å²) >= 11 is 0. The van der Waals surface area contributed by atoms with Crippen molar-refractivity contribution in [3.8, 4) is 5.75 Å². The monoisotopic (exact) mass is 325 g/mol. The molecule has 24 heavy (non-hydrogen) atoms. The summed E-state index contributed by atoms with van der Waals surface area (Å²) in [7, 11) is 0. The maximum atomic E-state index is 12.4. The molecular formula is C20H23NO3. The topological polar surface area (TPSA) is 66.4 Å². The fraction of sp³-hybridized carbons (Fsp3) is 0.300. The van der Waals surface area contributed by atoms with Crippen molar-refractivity contribution in [3.63, 3.8) is 0 Å². The van der Waals surface area contributed by atoms with Crippen LogP contribution in [0.1, 0.15) is 25.0 Å². The Kier molecular flexibility index (Phi) is 6.13. The van der Waals surface area contributed by atoms with E-state index < -0.39 is 6.04 Å². The Labute approximate surface area is 142 Å². The lowest BCUT2D eigenvalue weighted by Gasteiger charge is -2.19. The smallest absolute Gasteiger partial charge is 0.223 e. The lowest BCUT2D eigenvalue weighted by Crippen LogP contribution is -2.44. The van der Waals surface area contributed by atoms with Crippen molar-refractivity contribution in [2.45, 2.75) is 32.7 Å². The Balaban J connectivity index is 1.97. The number of benzene rings is 2. The van der Waals surface area contributed by atoms with Crippen molar-refractivity contribution in [3.05, 3.63) is 65.7 Å². The van der Waals surface area contributed by atoms with Gasteiger partial charge in [-0.25, -0.2) is 0 Å². The molecule has 2 N–H and O–H groups in total. The van der Waals surface area contributed by atoms with E-state index in [0.29, 0.717) is 12.8 Å². The van der Waals surface area contributed by atoms with Crippen LogP contribution in [0, 0.1) is 5.92 Å². The summed E-state index contributed by atoms with van der Waals surface area (Å²) in [6, 6.07) is 15.9.